The molecule has 1 atom stereocenters. The smallest absolute Gasteiger partial charge is 0.240 e. The molecule has 4 N–H and O–H groups in total. The normalized spacial score (nSPS) is 17.4. The highest BCUT2D eigenvalue weighted by Crippen LogP contribution is 2.15. The van der Waals surface area contributed by atoms with Crippen molar-refractivity contribution in [3.63, 3.8) is 0 Å². The van der Waals surface area contributed by atoms with Gasteiger partial charge in [-0.05, 0) is 67.6 Å². The molecule has 1 heterocycles. The second kappa shape index (κ2) is 9.39. The number of benzene rings is 2. The SMILES string of the molecule is Cc1cc(C)cc(NC(N)=NCc2ccc(S(=O)(=O)NCC3CCCO3)cc2)c1. The number of rotatable bonds is 7. The van der Waals surface area contributed by atoms with Gasteiger partial charge in [0, 0.05) is 18.8 Å². The molecule has 8 heteroatoms. The van der Waals surface area contributed by atoms with E-state index in [1.54, 1.807) is 24.3 Å². The summed E-state index contributed by atoms with van der Waals surface area (Å²) in [6.07, 6.45) is 1.83. The van der Waals surface area contributed by atoms with Gasteiger partial charge in [-0.25, -0.2) is 18.1 Å². The van der Waals surface area contributed by atoms with E-state index in [1.165, 1.54) is 0 Å². The van der Waals surface area contributed by atoms with Crippen LogP contribution in [0.25, 0.3) is 0 Å². The first-order valence-electron chi connectivity index (χ1n) is 9.67. The number of ether oxygens (including phenoxy) is 1. The Kier molecular flexibility index (Phi) is 6.89. The van der Waals surface area contributed by atoms with Gasteiger partial charge >= 0.3 is 0 Å². The second-order valence-corrected chi connectivity index (χ2v) is 9.10. The third-order valence-electron chi connectivity index (χ3n) is 4.68. The number of nitrogens with two attached hydrogens (primary N) is 1. The zero-order valence-corrected chi connectivity index (χ0v) is 17.6. The van der Waals surface area contributed by atoms with E-state index in [2.05, 4.69) is 21.1 Å². The van der Waals surface area contributed by atoms with Gasteiger partial charge in [-0.2, -0.15) is 0 Å². The Balaban J connectivity index is 1.57. The van der Waals surface area contributed by atoms with E-state index in [0.29, 0.717) is 25.7 Å². The van der Waals surface area contributed by atoms with Crippen molar-refractivity contribution in [2.75, 3.05) is 18.5 Å². The van der Waals surface area contributed by atoms with Crippen molar-refractivity contribution in [1.29, 1.82) is 0 Å². The summed E-state index contributed by atoms with van der Waals surface area (Å²) in [5.41, 5.74) is 10.0. The minimum atomic E-state index is -3.55. The molecule has 29 heavy (non-hydrogen) atoms. The Morgan fingerprint density at radius 3 is 2.48 bits per heavy atom. The maximum absolute atomic E-state index is 12.4. The first-order chi connectivity index (χ1) is 13.8. The molecule has 0 aliphatic carbocycles. The summed E-state index contributed by atoms with van der Waals surface area (Å²) >= 11 is 0. The van der Waals surface area contributed by atoms with Gasteiger partial charge in [0.05, 0.1) is 17.5 Å². The molecule has 0 spiro atoms. The molecule has 2 aromatic carbocycles. The summed E-state index contributed by atoms with van der Waals surface area (Å²) in [5, 5.41) is 3.08. The van der Waals surface area contributed by atoms with Gasteiger partial charge < -0.3 is 15.8 Å². The van der Waals surface area contributed by atoms with Crippen molar-refractivity contribution in [3.8, 4) is 0 Å². The van der Waals surface area contributed by atoms with Crippen LogP contribution in [0.3, 0.4) is 0 Å². The van der Waals surface area contributed by atoms with Crippen LogP contribution in [0.1, 0.15) is 29.5 Å². The lowest BCUT2D eigenvalue weighted by molar-refractivity contribution is 0.114. The molecule has 1 saturated heterocycles. The predicted octanol–water partition coefficient (Wildman–Crippen LogP) is 2.69. The number of anilines is 1. The van der Waals surface area contributed by atoms with Crippen molar-refractivity contribution in [1.82, 2.24) is 4.72 Å². The summed E-state index contributed by atoms with van der Waals surface area (Å²) in [7, 11) is -3.55. The van der Waals surface area contributed by atoms with Crippen molar-refractivity contribution in [2.24, 2.45) is 10.7 Å². The fourth-order valence-electron chi connectivity index (χ4n) is 3.28. The largest absolute Gasteiger partial charge is 0.377 e. The fourth-order valence-corrected chi connectivity index (χ4v) is 4.34. The highest BCUT2D eigenvalue weighted by molar-refractivity contribution is 7.89. The molecule has 0 amide bonds. The number of hydrogen-bond donors (Lipinski definition) is 3. The maximum Gasteiger partial charge on any atom is 0.240 e. The third kappa shape index (κ3) is 6.28. The number of nitrogens with zero attached hydrogens (tertiary/aromatic N) is 1. The molecular weight excluding hydrogens is 388 g/mol. The van der Waals surface area contributed by atoms with Gasteiger partial charge in [0.25, 0.3) is 0 Å². The number of aliphatic imine (C=N–C) groups is 1. The van der Waals surface area contributed by atoms with Crippen LogP contribution in [0.2, 0.25) is 0 Å². The van der Waals surface area contributed by atoms with Gasteiger partial charge in [-0.1, -0.05) is 18.2 Å². The topological polar surface area (TPSA) is 106 Å². The molecule has 0 radical (unpaired) electrons. The summed E-state index contributed by atoms with van der Waals surface area (Å²) in [5.74, 6) is 0.310. The van der Waals surface area contributed by atoms with E-state index in [-0.39, 0.29) is 11.0 Å². The quantitative estimate of drug-likeness (QED) is 0.475. The van der Waals surface area contributed by atoms with Gasteiger partial charge in [0.2, 0.25) is 10.0 Å². The van der Waals surface area contributed by atoms with Crippen LogP contribution in [0.15, 0.2) is 52.4 Å². The average Bonchev–Trinajstić information content (AvgIpc) is 3.18. The number of nitrogens with one attached hydrogen (secondary N) is 2. The molecule has 7 nitrogen and oxygen atoms in total. The van der Waals surface area contributed by atoms with Crippen LogP contribution in [-0.4, -0.2) is 33.6 Å². The maximum atomic E-state index is 12.4. The minimum absolute atomic E-state index is 0.0361. The van der Waals surface area contributed by atoms with E-state index in [0.717, 1.165) is 35.2 Å². The molecule has 3 rings (SSSR count). The predicted molar refractivity (Wildman–Crippen MR) is 115 cm³/mol. The Morgan fingerprint density at radius 2 is 1.86 bits per heavy atom. The number of sulfonamides is 1. The van der Waals surface area contributed by atoms with Crippen molar-refractivity contribution in [2.45, 2.75) is 44.2 Å². The number of guanidine groups is 1. The fraction of sp³-hybridized carbons (Fsp3) is 0.381. The highest BCUT2D eigenvalue weighted by Gasteiger charge is 2.20. The van der Waals surface area contributed by atoms with Gasteiger partial charge in [-0.3, -0.25) is 0 Å². The van der Waals surface area contributed by atoms with Crippen LogP contribution in [0, 0.1) is 13.8 Å². The molecule has 0 bridgehead atoms. The molecular formula is C21H28N4O3S. The Bertz CT molecular complexity index is 946. The lowest BCUT2D eigenvalue weighted by Gasteiger charge is -2.11. The van der Waals surface area contributed by atoms with Crippen LogP contribution < -0.4 is 15.8 Å². The van der Waals surface area contributed by atoms with E-state index < -0.39 is 10.0 Å². The minimum Gasteiger partial charge on any atom is -0.377 e. The Hall–Kier alpha value is -2.42. The van der Waals surface area contributed by atoms with Crippen molar-refractivity contribution < 1.29 is 13.2 Å². The molecule has 1 unspecified atom stereocenters. The zero-order chi connectivity index (χ0) is 20.9. The molecule has 2 aromatic rings. The van der Waals surface area contributed by atoms with Crippen LogP contribution >= 0.6 is 0 Å². The number of hydrogen-bond acceptors (Lipinski definition) is 4. The summed E-state index contributed by atoms with van der Waals surface area (Å²) in [6.45, 7) is 5.40. The molecule has 1 aliphatic rings. The molecule has 1 aliphatic heterocycles. The van der Waals surface area contributed by atoms with Crippen molar-refractivity contribution >= 4 is 21.7 Å². The first kappa shape index (κ1) is 21.3. The van der Waals surface area contributed by atoms with Crippen LogP contribution in [0.4, 0.5) is 5.69 Å². The molecule has 1 fully saturated rings. The summed E-state index contributed by atoms with van der Waals surface area (Å²) in [4.78, 5) is 4.56. The first-order valence-corrected chi connectivity index (χ1v) is 11.2. The van der Waals surface area contributed by atoms with Gasteiger partial charge in [0.15, 0.2) is 5.96 Å². The van der Waals surface area contributed by atoms with E-state index >= 15 is 0 Å². The van der Waals surface area contributed by atoms with Crippen LogP contribution in [-0.2, 0) is 21.3 Å². The molecule has 156 valence electrons. The van der Waals surface area contributed by atoms with Gasteiger partial charge in [0.1, 0.15) is 0 Å². The summed E-state index contributed by atoms with van der Waals surface area (Å²) < 4.78 is 32.9. The monoisotopic (exact) mass is 416 g/mol. The summed E-state index contributed by atoms with van der Waals surface area (Å²) in [6, 6.07) is 12.7. The van der Waals surface area contributed by atoms with Crippen LogP contribution in [0.5, 0.6) is 0 Å². The Labute approximate surface area is 172 Å². The molecule has 0 aromatic heterocycles. The van der Waals surface area contributed by atoms with Crippen molar-refractivity contribution in [3.05, 3.63) is 59.2 Å². The number of aryl methyl sites for hydroxylation is 2. The third-order valence-corrected chi connectivity index (χ3v) is 6.12. The lowest BCUT2D eigenvalue weighted by Crippen LogP contribution is -2.31. The molecule has 0 saturated carbocycles. The highest BCUT2D eigenvalue weighted by atomic mass is 32.2. The average molecular weight is 417 g/mol. The second-order valence-electron chi connectivity index (χ2n) is 7.33. The lowest BCUT2D eigenvalue weighted by atomic mass is 10.1. The van der Waals surface area contributed by atoms with Gasteiger partial charge in [-0.15, -0.1) is 0 Å². The van der Waals surface area contributed by atoms with E-state index in [9.17, 15) is 8.42 Å². The standard InChI is InChI=1S/C21H28N4O3S/c1-15-10-16(2)12-18(11-15)25-21(22)23-13-17-5-7-20(8-6-17)29(26,27)24-14-19-4-3-9-28-19/h5-8,10-12,19,24H,3-4,9,13-14H2,1-2H3,(H3,22,23,25). The zero-order valence-electron chi connectivity index (χ0n) is 16.8. The Morgan fingerprint density at radius 1 is 1.17 bits per heavy atom. The van der Waals surface area contributed by atoms with E-state index in [1.807, 2.05) is 26.0 Å². The van der Waals surface area contributed by atoms with E-state index in [4.69, 9.17) is 10.5 Å².